The number of nitrogens with one attached hydrogen (secondary N) is 1. The van der Waals surface area contributed by atoms with Gasteiger partial charge in [-0.3, -0.25) is 0 Å². The standard InChI is InChI=1S/C16H13N3S/c17-10-9-12-5-7-13(8-6-12)18-11-16-19-14-3-1-2-4-15(14)20-16/h1-8,18H,9,11H2. The van der Waals surface area contributed by atoms with Crippen LogP contribution in [0.25, 0.3) is 10.2 Å². The zero-order chi connectivity index (χ0) is 13.8. The van der Waals surface area contributed by atoms with E-state index in [1.165, 1.54) is 4.70 Å². The van der Waals surface area contributed by atoms with Crippen molar-refractivity contribution in [1.82, 2.24) is 4.98 Å². The van der Waals surface area contributed by atoms with Crippen LogP contribution < -0.4 is 5.32 Å². The quantitative estimate of drug-likeness (QED) is 0.786. The van der Waals surface area contributed by atoms with Crippen molar-refractivity contribution in [3.8, 4) is 6.07 Å². The maximum atomic E-state index is 8.64. The number of thiazole rings is 1. The van der Waals surface area contributed by atoms with Crippen LogP contribution in [0.5, 0.6) is 0 Å². The normalized spacial score (nSPS) is 10.3. The Hall–Kier alpha value is -2.38. The van der Waals surface area contributed by atoms with Gasteiger partial charge >= 0.3 is 0 Å². The van der Waals surface area contributed by atoms with E-state index in [0.717, 1.165) is 28.3 Å². The number of nitriles is 1. The van der Waals surface area contributed by atoms with E-state index in [-0.39, 0.29) is 0 Å². The number of nitrogens with zero attached hydrogens (tertiary/aromatic N) is 2. The number of fused-ring (bicyclic) bond motifs is 1. The molecule has 0 spiro atoms. The molecule has 3 nitrogen and oxygen atoms in total. The monoisotopic (exact) mass is 279 g/mol. The first-order valence-electron chi connectivity index (χ1n) is 6.39. The lowest BCUT2D eigenvalue weighted by atomic mass is 10.1. The largest absolute Gasteiger partial charge is 0.379 e. The molecular formula is C16H13N3S. The highest BCUT2D eigenvalue weighted by atomic mass is 32.1. The van der Waals surface area contributed by atoms with Gasteiger partial charge in [0, 0.05) is 5.69 Å². The van der Waals surface area contributed by atoms with E-state index in [2.05, 4.69) is 22.4 Å². The van der Waals surface area contributed by atoms with E-state index in [1.54, 1.807) is 11.3 Å². The number of rotatable bonds is 4. The Labute approximate surface area is 121 Å². The van der Waals surface area contributed by atoms with Crippen molar-refractivity contribution in [2.75, 3.05) is 5.32 Å². The van der Waals surface area contributed by atoms with Gasteiger partial charge in [-0.15, -0.1) is 11.3 Å². The molecule has 0 radical (unpaired) electrons. The Morgan fingerprint density at radius 2 is 1.90 bits per heavy atom. The highest BCUT2D eigenvalue weighted by Crippen LogP contribution is 2.22. The predicted molar refractivity (Wildman–Crippen MR) is 82.7 cm³/mol. The minimum absolute atomic E-state index is 0.456. The Bertz CT molecular complexity index is 720. The molecule has 0 unspecified atom stereocenters. The highest BCUT2D eigenvalue weighted by Gasteiger charge is 2.02. The van der Waals surface area contributed by atoms with Crippen LogP contribution in [0.4, 0.5) is 5.69 Å². The Morgan fingerprint density at radius 1 is 1.10 bits per heavy atom. The molecule has 1 N–H and O–H groups in total. The fourth-order valence-electron chi connectivity index (χ4n) is 2.00. The molecule has 0 saturated heterocycles. The zero-order valence-electron chi connectivity index (χ0n) is 10.8. The number of hydrogen-bond acceptors (Lipinski definition) is 4. The van der Waals surface area contributed by atoms with E-state index >= 15 is 0 Å². The smallest absolute Gasteiger partial charge is 0.113 e. The lowest BCUT2D eigenvalue weighted by molar-refractivity contribution is 1.12. The van der Waals surface area contributed by atoms with Gasteiger partial charge in [-0.25, -0.2) is 4.98 Å². The molecule has 3 rings (SSSR count). The van der Waals surface area contributed by atoms with Crippen molar-refractivity contribution in [2.24, 2.45) is 0 Å². The summed E-state index contributed by atoms with van der Waals surface area (Å²) in [6.07, 6.45) is 0.456. The highest BCUT2D eigenvalue weighted by molar-refractivity contribution is 7.18. The Kier molecular flexibility index (Phi) is 3.62. The summed E-state index contributed by atoms with van der Waals surface area (Å²) in [6, 6.07) is 18.3. The van der Waals surface area contributed by atoms with Crippen molar-refractivity contribution in [3.63, 3.8) is 0 Å². The molecule has 0 fully saturated rings. The van der Waals surface area contributed by atoms with Gasteiger partial charge in [0.2, 0.25) is 0 Å². The Morgan fingerprint density at radius 3 is 2.65 bits per heavy atom. The van der Waals surface area contributed by atoms with Crippen molar-refractivity contribution in [3.05, 3.63) is 59.1 Å². The molecule has 0 aliphatic carbocycles. The molecule has 0 amide bonds. The van der Waals surface area contributed by atoms with Crippen molar-refractivity contribution in [1.29, 1.82) is 5.26 Å². The second-order valence-corrected chi connectivity index (χ2v) is 5.58. The summed E-state index contributed by atoms with van der Waals surface area (Å²) < 4.78 is 1.22. The van der Waals surface area contributed by atoms with E-state index in [9.17, 15) is 0 Å². The average molecular weight is 279 g/mol. The molecule has 0 saturated carbocycles. The minimum Gasteiger partial charge on any atom is -0.379 e. The number of hydrogen-bond donors (Lipinski definition) is 1. The molecule has 1 aromatic heterocycles. The van der Waals surface area contributed by atoms with Gasteiger partial charge in [0.25, 0.3) is 0 Å². The van der Waals surface area contributed by atoms with Gasteiger partial charge in [0.1, 0.15) is 5.01 Å². The summed E-state index contributed by atoms with van der Waals surface area (Å²) in [5.41, 5.74) is 3.14. The molecular weight excluding hydrogens is 266 g/mol. The molecule has 1 heterocycles. The summed E-state index contributed by atoms with van der Waals surface area (Å²) in [6.45, 7) is 0.719. The van der Waals surface area contributed by atoms with Crippen LogP contribution in [0.15, 0.2) is 48.5 Å². The lowest BCUT2D eigenvalue weighted by Crippen LogP contribution is -1.98. The molecule has 3 aromatic rings. The third kappa shape index (κ3) is 2.79. The first kappa shape index (κ1) is 12.6. The van der Waals surface area contributed by atoms with E-state index in [0.29, 0.717) is 6.42 Å². The van der Waals surface area contributed by atoms with E-state index < -0.39 is 0 Å². The van der Waals surface area contributed by atoms with Crippen molar-refractivity contribution in [2.45, 2.75) is 13.0 Å². The van der Waals surface area contributed by atoms with Crippen LogP contribution in [0.2, 0.25) is 0 Å². The summed E-state index contributed by atoms with van der Waals surface area (Å²) in [4.78, 5) is 4.59. The minimum atomic E-state index is 0.456. The van der Waals surface area contributed by atoms with Gasteiger partial charge in [0.05, 0.1) is 29.3 Å². The average Bonchev–Trinajstić information content (AvgIpc) is 2.90. The molecule has 0 bridgehead atoms. The molecule has 0 aliphatic rings. The van der Waals surface area contributed by atoms with Crippen molar-refractivity contribution < 1.29 is 0 Å². The van der Waals surface area contributed by atoms with Gasteiger partial charge in [-0.05, 0) is 29.8 Å². The van der Waals surface area contributed by atoms with Crippen LogP contribution >= 0.6 is 11.3 Å². The topological polar surface area (TPSA) is 48.7 Å². The molecule has 20 heavy (non-hydrogen) atoms. The molecule has 2 aromatic carbocycles. The summed E-state index contributed by atoms with van der Waals surface area (Å²) in [5.74, 6) is 0. The van der Waals surface area contributed by atoms with Crippen molar-refractivity contribution >= 4 is 27.2 Å². The number of para-hydroxylation sites is 1. The Balaban J connectivity index is 1.68. The zero-order valence-corrected chi connectivity index (χ0v) is 11.7. The second-order valence-electron chi connectivity index (χ2n) is 4.46. The van der Waals surface area contributed by atoms with Crippen LogP contribution in [-0.4, -0.2) is 4.98 Å². The molecule has 0 aliphatic heterocycles. The summed E-state index contributed by atoms with van der Waals surface area (Å²) in [5, 5.41) is 13.1. The van der Waals surface area contributed by atoms with Gasteiger partial charge in [-0.2, -0.15) is 5.26 Å². The third-order valence-electron chi connectivity index (χ3n) is 3.02. The maximum Gasteiger partial charge on any atom is 0.113 e. The second kappa shape index (κ2) is 5.72. The molecule has 0 atom stereocenters. The predicted octanol–water partition coefficient (Wildman–Crippen LogP) is 3.97. The first-order chi connectivity index (χ1) is 9.85. The fourth-order valence-corrected chi connectivity index (χ4v) is 2.91. The molecule has 4 heteroatoms. The summed E-state index contributed by atoms with van der Waals surface area (Å²) in [7, 11) is 0. The van der Waals surface area contributed by atoms with Crippen LogP contribution in [-0.2, 0) is 13.0 Å². The summed E-state index contributed by atoms with van der Waals surface area (Å²) >= 11 is 1.71. The lowest BCUT2D eigenvalue weighted by Gasteiger charge is -2.04. The van der Waals surface area contributed by atoms with Crippen LogP contribution in [0.1, 0.15) is 10.6 Å². The van der Waals surface area contributed by atoms with Gasteiger partial charge in [-0.1, -0.05) is 24.3 Å². The SMILES string of the molecule is N#CCc1ccc(NCc2nc3ccccc3s2)cc1. The third-order valence-corrected chi connectivity index (χ3v) is 4.06. The first-order valence-corrected chi connectivity index (χ1v) is 7.21. The van der Waals surface area contributed by atoms with Gasteiger partial charge < -0.3 is 5.32 Å². The van der Waals surface area contributed by atoms with Crippen LogP contribution in [0, 0.1) is 11.3 Å². The number of benzene rings is 2. The number of anilines is 1. The van der Waals surface area contributed by atoms with Gasteiger partial charge in [0.15, 0.2) is 0 Å². The van der Waals surface area contributed by atoms with Crippen LogP contribution in [0.3, 0.4) is 0 Å². The number of aromatic nitrogens is 1. The van der Waals surface area contributed by atoms with E-state index in [1.807, 2.05) is 42.5 Å². The fraction of sp³-hybridized carbons (Fsp3) is 0.125. The van der Waals surface area contributed by atoms with E-state index in [4.69, 9.17) is 5.26 Å². The molecule has 98 valence electrons. The maximum absolute atomic E-state index is 8.64.